The molecule has 2 atom stereocenters. The Morgan fingerprint density at radius 2 is 2.10 bits per heavy atom. The molecule has 0 aliphatic carbocycles. The number of aromatic nitrogens is 1. The highest BCUT2D eigenvalue weighted by Crippen LogP contribution is 2.25. The molecule has 20 heavy (non-hydrogen) atoms. The Bertz CT molecular complexity index is 492. The molecule has 6 heteroatoms. The van der Waals surface area contributed by atoms with Crippen molar-refractivity contribution in [2.45, 2.75) is 25.9 Å². The number of hydrogen-bond donors (Lipinski definition) is 1. The molecule has 108 valence electrons. The molecule has 0 saturated carbocycles. The molecule has 0 spiro atoms. The SMILES string of the molecule is CC1CCN(C(=O)N(C)Cc2ccncc2)C1C(=O)O. The van der Waals surface area contributed by atoms with E-state index in [1.54, 1.807) is 24.3 Å². The highest BCUT2D eigenvalue weighted by Gasteiger charge is 2.40. The predicted molar refractivity (Wildman–Crippen MR) is 73.0 cm³/mol. The number of carbonyl (C=O) groups excluding carboxylic acids is 1. The van der Waals surface area contributed by atoms with Crippen molar-refractivity contribution in [2.24, 2.45) is 5.92 Å². The summed E-state index contributed by atoms with van der Waals surface area (Å²) in [7, 11) is 1.69. The number of urea groups is 1. The molecule has 1 aromatic rings. The topological polar surface area (TPSA) is 73.7 Å². The number of rotatable bonds is 3. The number of nitrogens with zero attached hydrogens (tertiary/aromatic N) is 3. The van der Waals surface area contributed by atoms with E-state index in [2.05, 4.69) is 4.98 Å². The molecule has 6 nitrogen and oxygen atoms in total. The van der Waals surface area contributed by atoms with Gasteiger partial charge in [0, 0.05) is 32.5 Å². The molecule has 1 aromatic heterocycles. The van der Waals surface area contributed by atoms with Crippen LogP contribution in [0.5, 0.6) is 0 Å². The molecule has 1 aliphatic rings. The van der Waals surface area contributed by atoms with Gasteiger partial charge in [-0.25, -0.2) is 9.59 Å². The zero-order chi connectivity index (χ0) is 14.7. The lowest BCUT2D eigenvalue weighted by atomic mass is 10.0. The summed E-state index contributed by atoms with van der Waals surface area (Å²) >= 11 is 0. The van der Waals surface area contributed by atoms with Gasteiger partial charge in [-0.2, -0.15) is 0 Å². The first kappa shape index (κ1) is 14.3. The minimum absolute atomic E-state index is 0.00854. The van der Waals surface area contributed by atoms with Crippen molar-refractivity contribution in [3.8, 4) is 0 Å². The number of likely N-dealkylation sites (tertiary alicyclic amines) is 1. The molecular weight excluding hydrogens is 258 g/mol. The Morgan fingerprint density at radius 1 is 1.45 bits per heavy atom. The molecule has 1 N–H and O–H groups in total. The third-order valence-corrected chi connectivity index (χ3v) is 3.69. The Balaban J connectivity index is 2.05. The number of aliphatic carboxylic acids is 1. The standard InChI is InChI=1S/C14H19N3O3/c1-10-5-8-17(12(10)13(18)19)14(20)16(2)9-11-3-6-15-7-4-11/h3-4,6-7,10,12H,5,8-9H2,1-2H3,(H,18,19). The maximum absolute atomic E-state index is 12.4. The predicted octanol–water partition coefficient (Wildman–Crippen LogP) is 1.43. The van der Waals surface area contributed by atoms with Crippen LogP contribution in [0.1, 0.15) is 18.9 Å². The summed E-state index contributed by atoms with van der Waals surface area (Å²) in [6.07, 6.45) is 4.07. The monoisotopic (exact) mass is 277 g/mol. The van der Waals surface area contributed by atoms with E-state index in [1.165, 1.54) is 4.90 Å². The summed E-state index contributed by atoms with van der Waals surface area (Å²) < 4.78 is 0. The van der Waals surface area contributed by atoms with Crippen LogP contribution in [0.2, 0.25) is 0 Å². The zero-order valence-electron chi connectivity index (χ0n) is 11.7. The molecule has 0 aromatic carbocycles. The molecule has 2 unspecified atom stereocenters. The summed E-state index contributed by atoms with van der Waals surface area (Å²) in [5.41, 5.74) is 0.968. The van der Waals surface area contributed by atoms with Crippen LogP contribution < -0.4 is 0 Å². The Hall–Kier alpha value is -2.11. The fourth-order valence-electron chi connectivity index (χ4n) is 2.59. The fraction of sp³-hybridized carbons (Fsp3) is 0.500. The smallest absolute Gasteiger partial charge is 0.326 e. The molecule has 1 fully saturated rings. The van der Waals surface area contributed by atoms with Gasteiger partial charge in [-0.05, 0) is 30.0 Å². The number of carboxylic acids is 1. The third kappa shape index (κ3) is 2.89. The van der Waals surface area contributed by atoms with Crippen LogP contribution in [0.15, 0.2) is 24.5 Å². The first-order valence-electron chi connectivity index (χ1n) is 6.64. The molecule has 2 rings (SSSR count). The van der Waals surface area contributed by atoms with Crippen LogP contribution in [-0.2, 0) is 11.3 Å². The second kappa shape index (κ2) is 5.90. The van der Waals surface area contributed by atoms with Crippen LogP contribution in [0, 0.1) is 5.92 Å². The molecule has 0 bridgehead atoms. The molecule has 0 radical (unpaired) electrons. The van der Waals surface area contributed by atoms with Crippen molar-refractivity contribution in [1.29, 1.82) is 0 Å². The van der Waals surface area contributed by atoms with Gasteiger partial charge in [-0.3, -0.25) is 4.98 Å². The number of pyridine rings is 1. The first-order valence-corrected chi connectivity index (χ1v) is 6.64. The summed E-state index contributed by atoms with van der Waals surface area (Å²) in [6, 6.07) is 2.72. The van der Waals surface area contributed by atoms with Crippen molar-refractivity contribution in [1.82, 2.24) is 14.8 Å². The van der Waals surface area contributed by atoms with E-state index >= 15 is 0 Å². The second-order valence-electron chi connectivity index (χ2n) is 5.24. The van der Waals surface area contributed by atoms with Crippen molar-refractivity contribution in [3.05, 3.63) is 30.1 Å². The Labute approximate surface area is 118 Å². The summed E-state index contributed by atoms with van der Waals surface area (Å²) in [5.74, 6) is -0.938. The maximum atomic E-state index is 12.4. The molecular formula is C14H19N3O3. The van der Waals surface area contributed by atoms with Crippen LogP contribution in [0.25, 0.3) is 0 Å². The summed E-state index contributed by atoms with van der Waals surface area (Å²) in [6.45, 7) is 2.81. The summed E-state index contributed by atoms with van der Waals surface area (Å²) in [5, 5.41) is 9.25. The number of carbonyl (C=O) groups is 2. The highest BCUT2D eigenvalue weighted by atomic mass is 16.4. The minimum Gasteiger partial charge on any atom is -0.480 e. The second-order valence-corrected chi connectivity index (χ2v) is 5.24. The van der Waals surface area contributed by atoms with Crippen molar-refractivity contribution in [3.63, 3.8) is 0 Å². The quantitative estimate of drug-likeness (QED) is 0.907. The van der Waals surface area contributed by atoms with Gasteiger partial charge in [0.25, 0.3) is 0 Å². The van der Waals surface area contributed by atoms with E-state index in [0.29, 0.717) is 13.1 Å². The number of carboxylic acid groups (broad SMARTS) is 1. The zero-order valence-corrected chi connectivity index (χ0v) is 11.7. The van der Waals surface area contributed by atoms with E-state index in [-0.39, 0.29) is 11.9 Å². The molecule has 1 aliphatic heterocycles. The van der Waals surface area contributed by atoms with Crippen molar-refractivity contribution >= 4 is 12.0 Å². The third-order valence-electron chi connectivity index (χ3n) is 3.69. The Morgan fingerprint density at radius 3 is 2.70 bits per heavy atom. The largest absolute Gasteiger partial charge is 0.480 e. The van der Waals surface area contributed by atoms with E-state index in [0.717, 1.165) is 12.0 Å². The van der Waals surface area contributed by atoms with Crippen LogP contribution in [0.3, 0.4) is 0 Å². The molecule has 1 saturated heterocycles. The summed E-state index contributed by atoms with van der Waals surface area (Å²) in [4.78, 5) is 30.6. The van der Waals surface area contributed by atoms with Crippen LogP contribution >= 0.6 is 0 Å². The molecule has 2 heterocycles. The van der Waals surface area contributed by atoms with E-state index < -0.39 is 12.0 Å². The van der Waals surface area contributed by atoms with E-state index in [4.69, 9.17) is 0 Å². The van der Waals surface area contributed by atoms with E-state index in [9.17, 15) is 14.7 Å². The van der Waals surface area contributed by atoms with Gasteiger partial charge in [0.15, 0.2) is 0 Å². The Kier molecular flexibility index (Phi) is 4.22. The van der Waals surface area contributed by atoms with Crippen molar-refractivity contribution < 1.29 is 14.7 Å². The number of hydrogen-bond acceptors (Lipinski definition) is 3. The average molecular weight is 277 g/mol. The van der Waals surface area contributed by atoms with Crippen molar-refractivity contribution in [2.75, 3.05) is 13.6 Å². The van der Waals surface area contributed by atoms with E-state index in [1.807, 2.05) is 19.1 Å². The lowest BCUT2D eigenvalue weighted by molar-refractivity contribution is -0.142. The lowest BCUT2D eigenvalue weighted by Gasteiger charge is -2.28. The minimum atomic E-state index is -0.930. The van der Waals surface area contributed by atoms with Gasteiger partial charge in [-0.1, -0.05) is 6.92 Å². The van der Waals surface area contributed by atoms with Gasteiger partial charge in [0.1, 0.15) is 6.04 Å². The van der Waals surface area contributed by atoms with Gasteiger partial charge in [-0.15, -0.1) is 0 Å². The average Bonchev–Trinajstić information content (AvgIpc) is 2.81. The van der Waals surface area contributed by atoms with Gasteiger partial charge < -0.3 is 14.9 Å². The van der Waals surface area contributed by atoms with Crippen LogP contribution in [0.4, 0.5) is 4.79 Å². The first-order chi connectivity index (χ1) is 9.50. The van der Waals surface area contributed by atoms with Gasteiger partial charge in [0.2, 0.25) is 0 Å². The highest BCUT2D eigenvalue weighted by molar-refractivity contribution is 5.83. The molecule has 2 amide bonds. The maximum Gasteiger partial charge on any atom is 0.326 e. The van der Waals surface area contributed by atoms with Gasteiger partial charge in [0.05, 0.1) is 0 Å². The fourth-order valence-corrected chi connectivity index (χ4v) is 2.59. The normalized spacial score (nSPS) is 21.8. The van der Waals surface area contributed by atoms with Gasteiger partial charge >= 0.3 is 12.0 Å². The lowest BCUT2D eigenvalue weighted by Crippen LogP contribution is -2.47. The van der Waals surface area contributed by atoms with Crippen LogP contribution in [-0.4, -0.2) is 51.5 Å². The number of amides is 2.